The molecule has 9 nitrogen and oxygen atoms in total. The van der Waals surface area contributed by atoms with Gasteiger partial charge in [-0.25, -0.2) is 13.2 Å². The number of nitroso groups, excluding NO2 is 1. The van der Waals surface area contributed by atoms with Crippen LogP contribution in [0, 0.1) is 4.91 Å². The van der Waals surface area contributed by atoms with Gasteiger partial charge in [-0.2, -0.15) is 4.91 Å². The maximum Gasteiger partial charge on any atom is 0.328 e. The average molecular weight is 351 g/mol. The van der Waals surface area contributed by atoms with E-state index in [9.17, 15) is 28.0 Å². The second-order valence-corrected chi connectivity index (χ2v) is 8.27. The molecule has 1 amide bonds. The number of rotatable bonds is 4. The van der Waals surface area contributed by atoms with E-state index >= 15 is 0 Å². The highest BCUT2D eigenvalue weighted by Crippen LogP contribution is 2.49. The number of β-lactam (4-membered cyclic amide) rings is 1. The molecule has 0 unspecified atom stereocenters. The van der Waals surface area contributed by atoms with Crippen LogP contribution in [0.3, 0.4) is 0 Å². The van der Waals surface area contributed by atoms with Gasteiger partial charge in [-0.15, -0.1) is 0 Å². The number of carboxylic acid groups (broad SMARTS) is 1. The summed E-state index contributed by atoms with van der Waals surface area (Å²) in [5.41, 5.74) is 0.319. The van der Waals surface area contributed by atoms with Crippen LogP contribution in [-0.4, -0.2) is 58.0 Å². The first-order chi connectivity index (χ1) is 11.3. The number of aliphatic carboxylic acids is 1. The van der Waals surface area contributed by atoms with Crippen molar-refractivity contribution in [3.8, 4) is 0 Å². The van der Waals surface area contributed by atoms with E-state index in [0.717, 1.165) is 11.8 Å². The zero-order valence-corrected chi connectivity index (χ0v) is 13.3. The number of amides is 1. The molecule has 3 rings (SSSR count). The van der Waals surface area contributed by atoms with E-state index < -0.39 is 44.4 Å². The highest BCUT2D eigenvalue weighted by molar-refractivity contribution is 7.94. The Morgan fingerprint density at radius 3 is 2.75 bits per heavy atom. The van der Waals surface area contributed by atoms with Crippen LogP contribution < -0.4 is 0 Å². The van der Waals surface area contributed by atoms with Crippen molar-refractivity contribution in [3.05, 3.63) is 40.6 Å². The number of hydrogen-bond donors (Lipinski definition) is 1. The molecule has 2 fully saturated rings. The van der Waals surface area contributed by atoms with Crippen LogP contribution in [0.5, 0.6) is 0 Å². The standard InChI is InChI=1S/C14H13N3O6S/c1-14(7-16-21)10(13(19)20)17-11(18)9(12(17)24(14,22)23)6-8-4-2-3-5-15-8/h2-6,10,12H,7H2,1H3,(H,19,20)/t10-,12+,14-/m0/s1. The Hall–Kier alpha value is -2.62. The maximum absolute atomic E-state index is 12.8. The molecule has 1 aromatic heterocycles. The van der Waals surface area contributed by atoms with E-state index in [2.05, 4.69) is 10.2 Å². The first-order valence-electron chi connectivity index (χ1n) is 6.96. The number of nitrogens with zero attached hydrogens (tertiary/aromatic N) is 3. The molecule has 3 atom stereocenters. The molecule has 0 aromatic carbocycles. The summed E-state index contributed by atoms with van der Waals surface area (Å²) in [7, 11) is -4.15. The smallest absolute Gasteiger partial charge is 0.328 e. The first kappa shape index (κ1) is 16.2. The SMILES string of the molecule is C[C@]1(CN=O)[C@H](C(=O)O)N2C(=O)C(=Cc3ccccn3)[C@H]2S1(=O)=O. The fourth-order valence-electron chi connectivity index (χ4n) is 3.16. The summed E-state index contributed by atoms with van der Waals surface area (Å²) in [5.74, 6) is -2.19. The largest absolute Gasteiger partial charge is 0.480 e. The number of sulfone groups is 1. The Balaban J connectivity index is 2.13. The number of carbonyl (C=O) groups excluding carboxylic acids is 1. The average Bonchev–Trinajstić information content (AvgIpc) is 2.69. The lowest BCUT2D eigenvalue weighted by atomic mass is 9.94. The summed E-state index contributed by atoms with van der Waals surface area (Å²) < 4.78 is 23.6. The molecule has 1 N–H and O–H groups in total. The van der Waals surface area contributed by atoms with Crippen LogP contribution in [-0.2, 0) is 19.4 Å². The summed E-state index contributed by atoms with van der Waals surface area (Å²) in [5, 5.41) is 10.6. The van der Waals surface area contributed by atoms with Gasteiger partial charge in [0.05, 0.1) is 11.3 Å². The Kier molecular flexibility index (Phi) is 3.52. The lowest BCUT2D eigenvalue weighted by Crippen LogP contribution is -2.59. The molecule has 3 heterocycles. The highest BCUT2D eigenvalue weighted by atomic mass is 32.2. The lowest BCUT2D eigenvalue weighted by molar-refractivity contribution is -0.152. The van der Waals surface area contributed by atoms with Gasteiger partial charge in [0.25, 0.3) is 5.91 Å². The number of carboxylic acids is 1. The van der Waals surface area contributed by atoms with E-state index in [-0.39, 0.29) is 5.57 Å². The van der Waals surface area contributed by atoms with Crippen molar-refractivity contribution < 1.29 is 23.1 Å². The Morgan fingerprint density at radius 1 is 1.50 bits per heavy atom. The van der Waals surface area contributed by atoms with Gasteiger partial charge in [-0.3, -0.25) is 9.78 Å². The molecular formula is C14H13N3O6S. The molecule has 24 heavy (non-hydrogen) atoms. The van der Waals surface area contributed by atoms with Crippen molar-refractivity contribution >= 4 is 27.8 Å². The molecule has 2 aliphatic heterocycles. The van der Waals surface area contributed by atoms with Gasteiger partial charge in [-0.1, -0.05) is 11.2 Å². The second kappa shape index (κ2) is 5.20. The first-order valence-corrected chi connectivity index (χ1v) is 8.51. The maximum atomic E-state index is 12.8. The molecule has 0 spiro atoms. The van der Waals surface area contributed by atoms with Crippen molar-refractivity contribution in [2.75, 3.05) is 6.54 Å². The van der Waals surface area contributed by atoms with Crippen LogP contribution in [0.1, 0.15) is 12.6 Å². The molecule has 0 radical (unpaired) electrons. The number of aromatic nitrogens is 1. The van der Waals surface area contributed by atoms with E-state index in [0.29, 0.717) is 5.69 Å². The topological polar surface area (TPSA) is 134 Å². The van der Waals surface area contributed by atoms with Crippen LogP contribution in [0.25, 0.3) is 6.08 Å². The Morgan fingerprint density at radius 2 is 2.21 bits per heavy atom. The summed E-state index contributed by atoms with van der Waals surface area (Å²) in [4.78, 5) is 39.3. The number of carbonyl (C=O) groups is 2. The van der Waals surface area contributed by atoms with Crippen molar-refractivity contribution in [2.24, 2.45) is 5.18 Å². The van der Waals surface area contributed by atoms with Gasteiger partial charge >= 0.3 is 5.97 Å². The van der Waals surface area contributed by atoms with Crippen LogP contribution in [0.15, 0.2) is 35.1 Å². The molecule has 0 bridgehead atoms. The molecule has 0 saturated carbocycles. The zero-order chi connectivity index (χ0) is 17.7. The van der Waals surface area contributed by atoms with Crippen LogP contribution in [0.4, 0.5) is 0 Å². The molecule has 0 aliphatic carbocycles. The monoisotopic (exact) mass is 351 g/mol. The normalized spacial score (nSPS) is 32.3. The second-order valence-electron chi connectivity index (χ2n) is 5.80. The molecular weight excluding hydrogens is 338 g/mol. The van der Waals surface area contributed by atoms with Crippen molar-refractivity contribution in [2.45, 2.75) is 23.1 Å². The third-order valence-electron chi connectivity index (χ3n) is 4.40. The van der Waals surface area contributed by atoms with Crippen molar-refractivity contribution in [1.82, 2.24) is 9.88 Å². The van der Waals surface area contributed by atoms with Gasteiger partial charge in [0.2, 0.25) is 0 Å². The van der Waals surface area contributed by atoms with Crippen molar-refractivity contribution in [3.63, 3.8) is 0 Å². The van der Waals surface area contributed by atoms with Gasteiger partial charge in [0.15, 0.2) is 21.3 Å². The number of fused-ring (bicyclic) bond motifs is 1. The summed E-state index contributed by atoms with van der Waals surface area (Å²) in [6.45, 7) is 0.385. The highest BCUT2D eigenvalue weighted by Gasteiger charge is 2.72. The molecule has 2 saturated heterocycles. The predicted octanol–water partition coefficient (Wildman–Crippen LogP) is 0.0400. The summed E-state index contributed by atoms with van der Waals surface area (Å²) in [6.07, 6.45) is 2.80. The molecule has 1 aromatic rings. The third kappa shape index (κ3) is 1.92. The Labute approximate surface area is 136 Å². The minimum absolute atomic E-state index is 0.0606. The molecule has 10 heteroatoms. The number of pyridine rings is 1. The fraction of sp³-hybridized carbons (Fsp3) is 0.357. The van der Waals surface area contributed by atoms with Crippen LogP contribution >= 0.6 is 0 Å². The fourth-order valence-corrected chi connectivity index (χ4v) is 5.45. The minimum atomic E-state index is -4.15. The Bertz CT molecular complexity index is 866. The van der Waals surface area contributed by atoms with Gasteiger partial charge < -0.3 is 10.0 Å². The van der Waals surface area contributed by atoms with Gasteiger partial charge in [0, 0.05) is 6.20 Å². The number of hydrogen-bond acceptors (Lipinski definition) is 7. The van der Waals surface area contributed by atoms with Crippen LogP contribution in [0.2, 0.25) is 0 Å². The van der Waals surface area contributed by atoms with Gasteiger partial charge in [-0.05, 0) is 25.1 Å². The summed E-state index contributed by atoms with van der Waals surface area (Å²) >= 11 is 0. The zero-order valence-electron chi connectivity index (χ0n) is 12.5. The lowest BCUT2D eigenvalue weighted by Gasteiger charge is -2.37. The molecule has 2 aliphatic rings. The molecule has 126 valence electrons. The van der Waals surface area contributed by atoms with E-state index in [1.165, 1.54) is 12.3 Å². The quantitative estimate of drug-likeness (QED) is 0.460. The van der Waals surface area contributed by atoms with Gasteiger partial charge in [0.1, 0.15) is 11.3 Å². The van der Waals surface area contributed by atoms with E-state index in [1.807, 2.05) is 0 Å². The summed E-state index contributed by atoms with van der Waals surface area (Å²) in [6, 6.07) is 3.27. The third-order valence-corrected chi connectivity index (χ3v) is 7.13. The predicted molar refractivity (Wildman–Crippen MR) is 82.3 cm³/mol. The minimum Gasteiger partial charge on any atom is -0.480 e. The van der Waals surface area contributed by atoms with E-state index in [4.69, 9.17) is 0 Å². The van der Waals surface area contributed by atoms with E-state index in [1.54, 1.807) is 18.2 Å². The van der Waals surface area contributed by atoms with Crippen molar-refractivity contribution in [1.29, 1.82) is 0 Å².